The van der Waals surface area contributed by atoms with Gasteiger partial charge < -0.3 is 9.80 Å². The van der Waals surface area contributed by atoms with Gasteiger partial charge in [-0.15, -0.1) is 6.58 Å². The molecule has 2 aromatic rings. The molecule has 4 heterocycles. The lowest BCUT2D eigenvalue weighted by Crippen LogP contribution is -2.43. The molecule has 7 heteroatoms. The molecule has 0 aliphatic carbocycles. The van der Waals surface area contributed by atoms with Crippen molar-refractivity contribution in [2.75, 3.05) is 26.2 Å². The van der Waals surface area contributed by atoms with Crippen LogP contribution in [-0.2, 0) is 9.59 Å². The Balaban J connectivity index is 1.48. The van der Waals surface area contributed by atoms with Crippen LogP contribution < -0.4 is 0 Å². The van der Waals surface area contributed by atoms with E-state index < -0.39 is 0 Å². The summed E-state index contributed by atoms with van der Waals surface area (Å²) < 4.78 is 0. The number of aromatic amines is 1. The maximum Gasteiger partial charge on any atom is 0.228 e. The van der Waals surface area contributed by atoms with Gasteiger partial charge in [-0.3, -0.25) is 14.7 Å². The van der Waals surface area contributed by atoms with Crippen LogP contribution in [0.15, 0.2) is 31.0 Å². The number of hydrogen-bond acceptors (Lipinski definition) is 4. The van der Waals surface area contributed by atoms with Crippen LogP contribution in [0.1, 0.15) is 30.9 Å². The monoisotopic (exact) mass is 353 g/mol. The first-order chi connectivity index (χ1) is 12.7. The van der Waals surface area contributed by atoms with Crippen LogP contribution in [0.3, 0.4) is 0 Å². The number of H-pyrrole nitrogens is 1. The van der Waals surface area contributed by atoms with Crippen LogP contribution in [-0.4, -0.2) is 63.0 Å². The Morgan fingerprint density at radius 2 is 2.31 bits per heavy atom. The second-order valence-electron chi connectivity index (χ2n) is 7.12. The fourth-order valence-electron chi connectivity index (χ4n) is 4.12. The number of carbonyl (C=O) groups excluding carboxylic acids is 2. The van der Waals surface area contributed by atoms with Crippen molar-refractivity contribution >= 4 is 22.8 Å². The number of pyridine rings is 1. The molecule has 2 saturated heterocycles. The van der Waals surface area contributed by atoms with Gasteiger partial charge in [-0.25, -0.2) is 4.98 Å². The predicted molar refractivity (Wildman–Crippen MR) is 97.3 cm³/mol. The third-order valence-corrected chi connectivity index (χ3v) is 5.41. The zero-order chi connectivity index (χ0) is 18.1. The lowest BCUT2D eigenvalue weighted by atomic mass is 9.92. The topological polar surface area (TPSA) is 82.2 Å². The highest BCUT2D eigenvalue weighted by atomic mass is 16.2. The standard InChI is InChI=1S/C19H23N5O2/c1-2-8-23-12-14(10-16(23)25)19(26)24-9-4-5-13(11-24)17-15-6-3-7-20-18(15)22-21-17/h2-3,6-7,13-14H,1,4-5,8-12H2,(H,20,21,22)/t13-,14-/m0/s1. The molecule has 1 N–H and O–H groups in total. The SMILES string of the molecule is C=CCN1C[C@@H](C(=O)N2CCC[C@H](c3[nH]nc4ncccc34)C2)CC1=O. The van der Waals surface area contributed by atoms with Crippen molar-refractivity contribution in [2.45, 2.75) is 25.2 Å². The van der Waals surface area contributed by atoms with E-state index in [1.165, 1.54) is 0 Å². The van der Waals surface area contributed by atoms with E-state index in [4.69, 9.17) is 0 Å². The minimum absolute atomic E-state index is 0.0439. The van der Waals surface area contributed by atoms with Gasteiger partial charge in [0, 0.05) is 55.8 Å². The van der Waals surface area contributed by atoms with E-state index >= 15 is 0 Å². The molecular formula is C19H23N5O2. The molecule has 0 saturated carbocycles. The average molecular weight is 353 g/mol. The van der Waals surface area contributed by atoms with Crippen molar-refractivity contribution in [1.82, 2.24) is 25.0 Å². The quantitative estimate of drug-likeness (QED) is 0.848. The van der Waals surface area contributed by atoms with Gasteiger partial charge in [0.05, 0.1) is 5.92 Å². The second kappa shape index (κ2) is 6.90. The van der Waals surface area contributed by atoms with Crippen molar-refractivity contribution in [3.8, 4) is 0 Å². The molecule has 2 amide bonds. The number of likely N-dealkylation sites (tertiary alicyclic amines) is 2. The van der Waals surface area contributed by atoms with Gasteiger partial charge in [0.25, 0.3) is 0 Å². The van der Waals surface area contributed by atoms with Crippen molar-refractivity contribution in [3.63, 3.8) is 0 Å². The summed E-state index contributed by atoms with van der Waals surface area (Å²) in [7, 11) is 0. The number of amides is 2. The summed E-state index contributed by atoms with van der Waals surface area (Å²) in [6, 6.07) is 3.93. The van der Waals surface area contributed by atoms with E-state index in [1.54, 1.807) is 17.2 Å². The fourth-order valence-corrected chi connectivity index (χ4v) is 4.12. The number of nitrogens with zero attached hydrogens (tertiary/aromatic N) is 4. The Morgan fingerprint density at radius 1 is 1.42 bits per heavy atom. The lowest BCUT2D eigenvalue weighted by molar-refractivity contribution is -0.137. The number of rotatable bonds is 4. The number of hydrogen-bond donors (Lipinski definition) is 1. The Kier molecular flexibility index (Phi) is 4.44. The molecule has 2 aliphatic rings. The van der Waals surface area contributed by atoms with Gasteiger partial charge in [0.2, 0.25) is 11.8 Å². The van der Waals surface area contributed by atoms with Crippen molar-refractivity contribution in [3.05, 3.63) is 36.7 Å². The summed E-state index contributed by atoms with van der Waals surface area (Å²) in [5, 5.41) is 8.43. The first-order valence-electron chi connectivity index (χ1n) is 9.14. The molecule has 136 valence electrons. The van der Waals surface area contributed by atoms with E-state index in [-0.39, 0.29) is 23.7 Å². The number of piperidine rings is 1. The molecule has 0 radical (unpaired) electrons. The molecule has 4 rings (SSSR count). The zero-order valence-corrected chi connectivity index (χ0v) is 14.7. The summed E-state index contributed by atoms with van der Waals surface area (Å²) in [6.45, 7) is 6.11. The highest BCUT2D eigenvalue weighted by Crippen LogP contribution is 2.31. The summed E-state index contributed by atoms with van der Waals surface area (Å²) in [5.74, 6) is 0.128. The largest absolute Gasteiger partial charge is 0.342 e. The van der Waals surface area contributed by atoms with Crippen LogP contribution in [0, 0.1) is 5.92 Å². The van der Waals surface area contributed by atoms with Gasteiger partial charge >= 0.3 is 0 Å². The Labute approximate surface area is 152 Å². The molecule has 0 bridgehead atoms. The average Bonchev–Trinajstić information content (AvgIpc) is 3.26. The normalized spacial score (nSPS) is 23.6. The highest BCUT2D eigenvalue weighted by Gasteiger charge is 2.37. The fraction of sp³-hybridized carbons (Fsp3) is 0.474. The van der Waals surface area contributed by atoms with Crippen LogP contribution in [0.25, 0.3) is 11.0 Å². The molecular weight excluding hydrogens is 330 g/mol. The minimum Gasteiger partial charge on any atom is -0.342 e. The van der Waals surface area contributed by atoms with Gasteiger partial charge in [0.15, 0.2) is 5.65 Å². The smallest absolute Gasteiger partial charge is 0.228 e. The second-order valence-corrected chi connectivity index (χ2v) is 7.12. The number of fused-ring (bicyclic) bond motifs is 1. The molecule has 0 spiro atoms. The van der Waals surface area contributed by atoms with Gasteiger partial charge in [-0.05, 0) is 25.0 Å². The van der Waals surface area contributed by atoms with Crippen molar-refractivity contribution in [2.24, 2.45) is 5.92 Å². The first-order valence-corrected chi connectivity index (χ1v) is 9.14. The summed E-state index contributed by atoms with van der Waals surface area (Å²) in [5.41, 5.74) is 1.77. The Hall–Kier alpha value is -2.70. The molecule has 26 heavy (non-hydrogen) atoms. The maximum absolute atomic E-state index is 13.0. The third kappa shape index (κ3) is 2.98. The maximum atomic E-state index is 13.0. The van der Waals surface area contributed by atoms with Crippen molar-refractivity contribution < 1.29 is 9.59 Å². The van der Waals surface area contributed by atoms with Gasteiger partial charge in [-0.1, -0.05) is 6.08 Å². The first kappa shape index (κ1) is 16.8. The lowest BCUT2D eigenvalue weighted by Gasteiger charge is -2.34. The van der Waals surface area contributed by atoms with E-state index in [9.17, 15) is 9.59 Å². The molecule has 0 unspecified atom stereocenters. The molecule has 2 fully saturated rings. The summed E-state index contributed by atoms with van der Waals surface area (Å²) >= 11 is 0. The molecule has 2 atom stereocenters. The number of carbonyl (C=O) groups is 2. The van der Waals surface area contributed by atoms with E-state index in [2.05, 4.69) is 21.8 Å². The van der Waals surface area contributed by atoms with E-state index in [1.807, 2.05) is 17.0 Å². The summed E-state index contributed by atoms with van der Waals surface area (Å²) in [6.07, 6.45) is 5.72. The van der Waals surface area contributed by atoms with Crippen LogP contribution >= 0.6 is 0 Å². The zero-order valence-electron chi connectivity index (χ0n) is 14.7. The Bertz CT molecular complexity index is 845. The van der Waals surface area contributed by atoms with Gasteiger partial charge in [0.1, 0.15) is 0 Å². The Morgan fingerprint density at radius 3 is 3.15 bits per heavy atom. The minimum atomic E-state index is -0.235. The molecule has 2 aliphatic heterocycles. The van der Waals surface area contributed by atoms with Crippen LogP contribution in [0.4, 0.5) is 0 Å². The summed E-state index contributed by atoms with van der Waals surface area (Å²) in [4.78, 5) is 32.9. The molecule has 7 nitrogen and oxygen atoms in total. The molecule has 2 aromatic heterocycles. The third-order valence-electron chi connectivity index (χ3n) is 5.41. The van der Waals surface area contributed by atoms with Crippen LogP contribution in [0.5, 0.6) is 0 Å². The predicted octanol–water partition coefficient (Wildman–Crippen LogP) is 1.70. The van der Waals surface area contributed by atoms with Crippen LogP contribution in [0.2, 0.25) is 0 Å². The number of nitrogens with one attached hydrogen (secondary N) is 1. The molecule has 0 aromatic carbocycles. The van der Waals surface area contributed by atoms with Crippen molar-refractivity contribution in [1.29, 1.82) is 0 Å². The van der Waals surface area contributed by atoms with E-state index in [0.29, 0.717) is 31.7 Å². The van der Waals surface area contributed by atoms with E-state index in [0.717, 1.165) is 30.5 Å². The number of aromatic nitrogens is 3. The van der Waals surface area contributed by atoms with Gasteiger partial charge in [-0.2, -0.15) is 5.10 Å². The highest BCUT2D eigenvalue weighted by molar-refractivity contribution is 5.89.